The average molecular weight is 312 g/mol. The van der Waals surface area contributed by atoms with Gasteiger partial charge in [0.15, 0.2) is 0 Å². The number of benzene rings is 1. The summed E-state index contributed by atoms with van der Waals surface area (Å²) in [7, 11) is 0. The molecule has 1 aromatic rings. The second kappa shape index (κ2) is 9.57. The van der Waals surface area contributed by atoms with Crippen LogP contribution in [-0.4, -0.2) is 6.54 Å². The van der Waals surface area contributed by atoms with Crippen LogP contribution in [0, 0.1) is 6.92 Å². The van der Waals surface area contributed by atoms with Crippen LogP contribution in [0.15, 0.2) is 22.7 Å². The maximum atomic E-state index is 3.53. The Bertz CT molecular complexity index is 336. The molecule has 0 aliphatic carbocycles. The molecule has 0 saturated heterocycles. The third-order valence-electron chi connectivity index (χ3n) is 3.26. The lowest BCUT2D eigenvalue weighted by Crippen LogP contribution is -2.14. The van der Waals surface area contributed by atoms with Crippen LogP contribution in [0.2, 0.25) is 0 Å². The Balaban J connectivity index is 2.05. The number of hydrogen-bond donors (Lipinski definition) is 1. The highest BCUT2D eigenvalue weighted by Gasteiger charge is 1.97. The lowest BCUT2D eigenvalue weighted by atomic mass is 10.1. The van der Waals surface area contributed by atoms with E-state index in [1.54, 1.807) is 0 Å². The van der Waals surface area contributed by atoms with Crippen molar-refractivity contribution in [2.24, 2.45) is 0 Å². The van der Waals surface area contributed by atoms with Crippen molar-refractivity contribution >= 4 is 15.9 Å². The maximum Gasteiger partial charge on any atom is 0.0205 e. The predicted molar refractivity (Wildman–Crippen MR) is 84.0 cm³/mol. The van der Waals surface area contributed by atoms with Gasteiger partial charge in [0.25, 0.3) is 0 Å². The Morgan fingerprint density at radius 1 is 1.06 bits per heavy atom. The quantitative estimate of drug-likeness (QED) is 0.617. The van der Waals surface area contributed by atoms with E-state index in [-0.39, 0.29) is 0 Å². The van der Waals surface area contributed by atoms with Crippen molar-refractivity contribution in [2.45, 2.75) is 58.9 Å². The van der Waals surface area contributed by atoms with Crippen molar-refractivity contribution in [1.82, 2.24) is 5.32 Å². The van der Waals surface area contributed by atoms with Crippen LogP contribution < -0.4 is 5.32 Å². The molecule has 0 unspecified atom stereocenters. The summed E-state index contributed by atoms with van der Waals surface area (Å²) in [6.45, 7) is 6.54. The highest BCUT2D eigenvalue weighted by molar-refractivity contribution is 9.10. The zero-order chi connectivity index (χ0) is 13.2. The Labute approximate surface area is 120 Å². The molecule has 102 valence electrons. The van der Waals surface area contributed by atoms with Gasteiger partial charge in [0, 0.05) is 11.0 Å². The molecule has 0 spiro atoms. The number of halogens is 1. The van der Waals surface area contributed by atoms with Crippen LogP contribution in [0.5, 0.6) is 0 Å². The van der Waals surface area contributed by atoms with E-state index in [4.69, 9.17) is 0 Å². The summed E-state index contributed by atoms with van der Waals surface area (Å²) in [5.74, 6) is 0. The minimum Gasteiger partial charge on any atom is -0.313 e. The molecule has 1 N–H and O–H groups in total. The van der Waals surface area contributed by atoms with Gasteiger partial charge in [-0.3, -0.25) is 0 Å². The first-order valence-electron chi connectivity index (χ1n) is 7.19. The molecule has 0 aromatic heterocycles. The Morgan fingerprint density at radius 2 is 1.78 bits per heavy atom. The largest absolute Gasteiger partial charge is 0.313 e. The van der Waals surface area contributed by atoms with Gasteiger partial charge in [0.1, 0.15) is 0 Å². The molecule has 1 aromatic carbocycles. The molecule has 2 heteroatoms. The van der Waals surface area contributed by atoms with Gasteiger partial charge >= 0.3 is 0 Å². The standard InChI is InChI=1S/C16H26BrN/c1-3-4-5-6-7-8-11-18-13-15-9-10-16(17)14(2)12-15/h9-10,12,18H,3-8,11,13H2,1-2H3. The van der Waals surface area contributed by atoms with E-state index in [1.807, 2.05) is 0 Å². The van der Waals surface area contributed by atoms with Crippen molar-refractivity contribution in [3.8, 4) is 0 Å². The van der Waals surface area contributed by atoms with Gasteiger partial charge < -0.3 is 5.32 Å². The summed E-state index contributed by atoms with van der Waals surface area (Å²) < 4.78 is 1.20. The summed E-state index contributed by atoms with van der Waals surface area (Å²) in [5.41, 5.74) is 2.69. The van der Waals surface area contributed by atoms with Crippen LogP contribution in [-0.2, 0) is 6.54 Å². The number of aryl methyl sites for hydroxylation is 1. The molecule has 0 heterocycles. The Hall–Kier alpha value is -0.340. The number of nitrogens with one attached hydrogen (secondary N) is 1. The molecule has 1 rings (SSSR count). The van der Waals surface area contributed by atoms with Crippen molar-refractivity contribution in [1.29, 1.82) is 0 Å². The highest BCUT2D eigenvalue weighted by Crippen LogP contribution is 2.16. The number of hydrogen-bond acceptors (Lipinski definition) is 1. The van der Waals surface area contributed by atoms with Crippen LogP contribution in [0.25, 0.3) is 0 Å². The highest BCUT2D eigenvalue weighted by atomic mass is 79.9. The van der Waals surface area contributed by atoms with Gasteiger partial charge in [-0.25, -0.2) is 0 Å². The summed E-state index contributed by atoms with van der Waals surface area (Å²) in [5, 5.41) is 3.52. The monoisotopic (exact) mass is 311 g/mol. The summed E-state index contributed by atoms with van der Waals surface area (Å²) in [6.07, 6.45) is 8.20. The third-order valence-corrected chi connectivity index (χ3v) is 4.15. The van der Waals surface area contributed by atoms with Crippen LogP contribution >= 0.6 is 15.9 Å². The molecular formula is C16H26BrN. The third kappa shape index (κ3) is 6.55. The van der Waals surface area contributed by atoms with Crippen molar-refractivity contribution < 1.29 is 0 Å². The van der Waals surface area contributed by atoms with E-state index in [0.29, 0.717) is 0 Å². The molecule has 0 fully saturated rings. The van der Waals surface area contributed by atoms with Gasteiger partial charge in [-0.15, -0.1) is 0 Å². The lowest BCUT2D eigenvalue weighted by Gasteiger charge is -2.07. The first-order chi connectivity index (χ1) is 8.74. The lowest BCUT2D eigenvalue weighted by molar-refractivity contribution is 0.572. The molecule has 0 saturated carbocycles. The minimum absolute atomic E-state index is 0.989. The summed E-state index contributed by atoms with van der Waals surface area (Å²) in [6, 6.07) is 6.57. The predicted octanol–water partition coefficient (Wildman–Crippen LogP) is 5.21. The fourth-order valence-corrected chi connectivity index (χ4v) is 2.33. The van der Waals surface area contributed by atoms with E-state index in [2.05, 4.69) is 53.3 Å². The summed E-state index contributed by atoms with van der Waals surface area (Å²) >= 11 is 3.53. The van der Waals surface area contributed by atoms with Gasteiger partial charge in [0.05, 0.1) is 0 Å². The van der Waals surface area contributed by atoms with Gasteiger partial charge in [-0.1, -0.05) is 67.1 Å². The molecule has 0 bridgehead atoms. The molecule has 0 radical (unpaired) electrons. The molecule has 0 aliphatic rings. The SMILES string of the molecule is CCCCCCCCNCc1ccc(Br)c(C)c1. The number of unbranched alkanes of at least 4 members (excludes halogenated alkanes) is 5. The second-order valence-electron chi connectivity index (χ2n) is 5.03. The fourth-order valence-electron chi connectivity index (χ4n) is 2.08. The zero-order valence-corrected chi connectivity index (χ0v) is 13.4. The fraction of sp³-hybridized carbons (Fsp3) is 0.625. The van der Waals surface area contributed by atoms with Crippen molar-refractivity contribution in [2.75, 3.05) is 6.54 Å². The summed E-state index contributed by atoms with van der Waals surface area (Å²) in [4.78, 5) is 0. The molecule has 1 nitrogen and oxygen atoms in total. The number of rotatable bonds is 9. The van der Waals surface area contributed by atoms with E-state index >= 15 is 0 Å². The second-order valence-corrected chi connectivity index (χ2v) is 5.88. The maximum absolute atomic E-state index is 3.53. The van der Waals surface area contributed by atoms with Crippen LogP contribution in [0.4, 0.5) is 0 Å². The van der Waals surface area contributed by atoms with Crippen LogP contribution in [0.3, 0.4) is 0 Å². The zero-order valence-electron chi connectivity index (χ0n) is 11.8. The molecule has 0 aliphatic heterocycles. The van der Waals surface area contributed by atoms with Crippen molar-refractivity contribution in [3.05, 3.63) is 33.8 Å². The Kier molecular flexibility index (Phi) is 8.36. The topological polar surface area (TPSA) is 12.0 Å². The molecular weight excluding hydrogens is 286 g/mol. The van der Waals surface area contributed by atoms with E-state index in [9.17, 15) is 0 Å². The van der Waals surface area contributed by atoms with Gasteiger partial charge in [-0.05, 0) is 37.1 Å². The van der Waals surface area contributed by atoms with Crippen LogP contribution in [0.1, 0.15) is 56.6 Å². The smallest absolute Gasteiger partial charge is 0.0205 e. The minimum atomic E-state index is 0.989. The first-order valence-corrected chi connectivity index (χ1v) is 7.99. The molecule has 0 amide bonds. The molecule has 18 heavy (non-hydrogen) atoms. The Morgan fingerprint density at radius 3 is 2.50 bits per heavy atom. The first kappa shape index (κ1) is 15.7. The van der Waals surface area contributed by atoms with E-state index < -0.39 is 0 Å². The van der Waals surface area contributed by atoms with E-state index in [1.165, 1.54) is 54.1 Å². The molecule has 0 atom stereocenters. The van der Waals surface area contributed by atoms with Gasteiger partial charge in [0.2, 0.25) is 0 Å². The normalized spacial score (nSPS) is 10.8. The van der Waals surface area contributed by atoms with E-state index in [0.717, 1.165) is 13.1 Å². The van der Waals surface area contributed by atoms with Crippen molar-refractivity contribution in [3.63, 3.8) is 0 Å². The van der Waals surface area contributed by atoms with Gasteiger partial charge in [-0.2, -0.15) is 0 Å². The average Bonchev–Trinajstić information content (AvgIpc) is 2.37.